The van der Waals surface area contributed by atoms with Gasteiger partial charge in [-0.05, 0) is 69.3 Å². The van der Waals surface area contributed by atoms with E-state index < -0.39 is 0 Å². The first-order valence-corrected chi connectivity index (χ1v) is 12.1. The van der Waals surface area contributed by atoms with Gasteiger partial charge in [0.1, 0.15) is 11.6 Å². The molecule has 2 saturated heterocycles. The Morgan fingerprint density at radius 2 is 2.03 bits per heavy atom. The topological polar surface area (TPSA) is 66.5 Å². The van der Waals surface area contributed by atoms with Crippen molar-refractivity contribution in [3.05, 3.63) is 41.3 Å². The van der Waals surface area contributed by atoms with Crippen molar-refractivity contribution in [2.24, 2.45) is 11.8 Å². The predicted molar refractivity (Wildman–Crippen MR) is 130 cm³/mol. The van der Waals surface area contributed by atoms with Gasteiger partial charge in [-0.25, -0.2) is 9.37 Å². The monoisotopic (exact) mass is 474 g/mol. The molecule has 0 unspecified atom stereocenters. The lowest BCUT2D eigenvalue weighted by molar-refractivity contribution is -0.121. The first kappa shape index (κ1) is 23.9. The molecule has 178 valence electrons. The lowest BCUT2D eigenvalue weighted by Gasteiger charge is -2.34. The van der Waals surface area contributed by atoms with Gasteiger partial charge in [-0.2, -0.15) is 0 Å². The Morgan fingerprint density at radius 3 is 2.79 bits per heavy atom. The molecule has 3 heterocycles. The Bertz CT molecular complexity index is 983. The second kappa shape index (κ2) is 10.8. The summed E-state index contributed by atoms with van der Waals surface area (Å²) in [6.45, 7) is 5.12. The van der Waals surface area contributed by atoms with Gasteiger partial charge < -0.3 is 20.3 Å². The number of ether oxygens (including phenoxy) is 1. The summed E-state index contributed by atoms with van der Waals surface area (Å²) in [5.41, 5.74) is 1.90. The third-order valence-corrected chi connectivity index (χ3v) is 7.17. The molecule has 0 radical (unpaired) electrons. The molecule has 1 aromatic carbocycles. The molecular weight excluding hydrogens is 443 g/mol. The van der Waals surface area contributed by atoms with E-state index in [-0.39, 0.29) is 17.6 Å². The van der Waals surface area contributed by atoms with Crippen LogP contribution in [0.1, 0.15) is 32.6 Å². The number of piperidine rings is 1. The minimum atomic E-state index is -0.305. The molecule has 33 heavy (non-hydrogen) atoms. The zero-order valence-corrected chi connectivity index (χ0v) is 20.0. The molecule has 0 aliphatic carbocycles. The van der Waals surface area contributed by atoms with Crippen LogP contribution >= 0.6 is 11.6 Å². The summed E-state index contributed by atoms with van der Waals surface area (Å²) in [6, 6.07) is 7.14. The number of benzene rings is 1. The molecule has 1 aromatic heterocycles. The number of amides is 1. The average molecular weight is 475 g/mol. The fourth-order valence-corrected chi connectivity index (χ4v) is 4.70. The minimum Gasteiger partial charge on any atom is -0.382 e. The second-order valence-electron chi connectivity index (χ2n) is 9.23. The van der Waals surface area contributed by atoms with E-state index in [0.717, 1.165) is 51.0 Å². The van der Waals surface area contributed by atoms with Crippen LogP contribution in [-0.4, -0.2) is 55.2 Å². The molecular formula is C25H32ClFN4O2. The molecule has 0 bridgehead atoms. The second-order valence-corrected chi connectivity index (χ2v) is 9.64. The van der Waals surface area contributed by atoms with Gasteiger partial charge in [0.2, 0.25) is 5.91 Å². The third-order valence-electron chi connectivity index (χ3n) is 6.87. The van der Waals surface area contributed by atoms with Crippen LogP contribution in [0.5, 0.6) is 0 Å². The van der Waals surface area contributed by atoms with Gasteiger partial charge in [0.05, 0.1) is 16.6 Å². The van der Waals surface area contributed by atoms with E-state index in [0.29, 0.717) is 40.6 Å². The van der Waals surface area contributed by atoms with E-state index in [1.807, 2.05) is 7.05 Å². The van der Waals surface area contributed by atoms with E-state index in [2.05, 4.69) is 27.4 Å². The summed E-state index contributed by atoms with van der Waals surface area (Å²) in [5, 5.41) is 6.63. The maximum Gasteiger partial charge on any atom is 0.229 e. The number of carbonyl (C=O) groups is 1. The smallest absolute Gasteiger partial charge is 0.229 e. The highest BCUT2D eigenvalue weighted by Gasteiger charge is 2.28. The van der Waals surface area contributed by atoms with Gasteiger partial charge >= 0.3 is 0 Å². The van der Waals surface area contributed by atoms with Gasteiger partial charge in [0.25, 0.3) is 0 Å². The van der Waals surface area contributed by atoms with E-state index in [1.165, 1.54) is 12.3 Å². The lowest BCUT2D eigenvalue weighted by atomic mass is 9.93. The molecule has 2 atom stereocenters. The number of nitrogens with zero attached hydrogens (tertiary/aromatic N) is 2. The molecule has 2 aromatic rings. The highest BCUT2D eigenvalue weighted by atomic mass is 35.5. The standard InChI is InChI=1S/C25H32ClFN4O2/c1-16-3-4-19(15-31(16)2)25(32)30-24-12-20(21(26)14-29-24)18-5-6-22(27)23(11-18)28-13-17-7-9-33-10-8-17/h5-6,11-12,14,16-17,19,28H,3-4,7-10,13,15H2,1-2H3,(H,29,30,32)/t16-,19-/m0/s1. The molecule has 6 nitrogen and oxygen atoms in total. The number of hydrogen-bond acceptors (Lipinski definition) is 5. The number of aromatic nitrogens is 1. The summed E-state index contributed by atoms with van der Waals surface area (Å²) in [4.78, 5) is 19.3. The number of anilines is 2. The van der Waals surface area contributed by atoms with E-state index in [1.54, 1.807) is 18.2 Å². The maximum atomic E-state index is 14.5. The van der Waals surface area contributed by atoms with E-state index >= 15 is 0 Å². The number of pyridine rings is 1. The Hall–Kier alpha value is -2.22. The Labute approximate surface area is 199 Å². The van der Waals surface area contributed by atoms with Crippen LogP contribution in [0.3, 0.4) is 0 Å². The number of halogens is 2. The van der Waals surface area contributed by atoms with E-state index in [9.17, 15) is 9.18 Å². The highest BCUT2D eigenvalue weighted by Crippen LogP contribution is 2.32. The molecule has 2 aliphatic heterocycles. The van der Waals surface area contributed by atoms with Crippen molar-refractivity contribution in [3.63, 3.8) is 0 Å². The molecule has 2 aliphatic rings. The van der Waals surface area contributed by atoms with Crippen LogP contribution in [-0.2, 0) is 9.53 Å². The number of rotatable bonds is 6. The van der Waals surface area contributed by atoms with Crippen LogP contribution in [0.4, 0.5) is 15.9 Å². The number of carbonyl (C=O) groups excluding carboxylic acids is 1. The van der Waals surface area contributed by atoms with Crippen LogP contribution < -0.4 is 10.6 Å². The van der Waals surface area contributed by atoms with Crippen molar-refractivity contribution >= 4 is 29.0 Å². The van der Waals surface area contributed by atoms with Crippen molar-refractivity contribution in [2.45, 2.75) is 38.6 Å². The summed E-state index contributed by atoms with van der Waals surface area (Å²) in [6.07, 6.45) is 5.33. The van der Waals surface area contributed by atoms with Crippen LogP contribution in [0.25, 0.3) is 11.1 Å². The third kappa shape index (κ3) is 6.02. The molecule has 1 amide bonds. The number of likely N-dealkylation sites (tertiary alicyclic amines) is 1. The van der Waals surface area contributed by atoms with Crippen LogP contribution in [0.2, 0.25) is 5.02 Å². The summed E-state index contributed by atoms with van der Waals surface area (Å²) in [5.74, 6) is 0.503. The Kier molecular flexibility index (Phi) is 7.83. The minimum absolute atomic E-state index is 0.0348. The maximum absolute atomic E-state index is 14.5. The molecule has 0 spiro atoms. The summed E-state index contributed by atoms with van der Waals surface area (Å²) < 4.78 is 19.9. The molecule has 0 saturated carbocycles. The van der Waals surface area contributed by atoms with Crippen LogP contribution in [0, 0.1) is 17.7 Å². The van der Waals surface area contributed by atoms with Gasteiger partial charge in [0, 0.05) is 44.1 Å². The zero-order chi connectivity index (χ0) is 23.4. The van der Waals surface area contributed by atoms with Gasteiger partial charge in [-0.3, -0.25) is 4.79 Å². The van der Waals surface area contributed by atoms with Gasteiger partial charge in [-0.15, -0.1) is 0 Å². The summed E-state index contributed by atoms with van der Waals surface area (Å²) >= 11 is 6.43. The fraction of sp³-hybridized carbons (Fsp3) is 0.520. The first-order chi connectivity index (χ1) is 15.9. The molecule has 4 rings (SSSR count). The quantitative estimate of drug-likeness (QED) is 0.613. The SMILES string of the molecule is C[C@H]1CC[C@H](C(=O)Nc2cc(-c3ccc(F)c(NCC4CCOCC4)c3)c(Cl)cn2)CN1C. The predicted octanol–water partition coefficient (Wildman–Crippen LogP) is 5.05. The van der Waals surface area contributed by atoms with Crippen molar-refractivity contribution in [3.8, 4) is 11.1 Å². The average Bonchev–Trinajstić information content (AvgIpc) is 2.82. The zero-order valence-electron chi connectivity index (χ0n) is 19.2. The van der Waals surface area contributed by atoms with E-state index in [4.69, 9.17) is 16.3 Å². The Balaban J connectivity index is 1.47. The van der Waals surface area contributed by atoms with Crippen molar-refractivity contribution in [1.82, 2.24) is 9.88 Å². The largest absolute Gasteiger partial charge is 0.382 e. The molecule has 8 heteroatoms. The van der Waals surface area contributed by atoms with Crippen molar-refractivity contribution < 1.29 is 13.9 Å². The Morgan fingerprint density at radius 1 is 1.24 bits per heavy atom. The normalized spacial score (nSPS) is 22.2. The highest BCUT2D eigenvalue weighted by molar-refractivity contribution is 6.33. The number of nitrogens with one attached hydrogen (secondary N) is 2. The fourth-order valence-electron chi connectivity index (χ4n) is 4.49. The number of hydrogen-bond donors (Lipinski definition) is 2. The molecule has 2 N–H and O–H groups in total. The first-order valence-electron chi connectivity index (χ1n) is 11.7. The van der Waals surface area contributed by atoms with Crippen molar-refractivity contribution in [1.29, 1.82) is 0 Å². The molecule has 2 fully saturated rings. The van der Waals surface area contributed by atoms with Crippen molar-refractivity contribution in [2.75, 3.05) is 44.0 Å². The van der Waals surface area contributed by atoms with Gasteiger partial charge in [-0.1, -0.05) is 17.7 Å². The van der Waals surface area contributed by atoms with Gasteiger partial charge in [0.15, 0.2) is 0 Å². The van der Waals surface area contributed by atoms with Crippen LogP contribution in [0.15, 0.2) is 30.5 Å². The lowest BCUT2D eigenvalue weighted by Crippen LogP contribution is -2.43. The summed E-state index contributed by atoms with van der Waals surface area (Å²) in [7, 11) is 2.05.